The van der Waals surface area contributed by atoms with Crippen molar-refractivity contribution in [3.05, 3.63) is 77.3 Å². The lowest BCUT2D eigenvalue weighted by Gasteiger charge is -1.90. The number of hydrogen-bond acceptors (Lipinski definition) is 6. The molecule has 2 aromatic carbocycles. The number of thiophene rings is 1. The van der Waals surface area contributed by atoms with Gasteiger partial charge in [0.15, 0.2) is 0 Å². The maximum absolute atomic E-state index is 11.0. The number of nitrogens with two attached hydrogens (primary N) is 1. The van der Waals surface area contributed by atoms with Gasteiger partial charge in [-0.2, -0.15) is 0 Å². The van der Waals surface area contributed by atoms with Crippen molar-refractivity contribution in [2.45, 2.75) is 0 Å². The average Bonchev–Trinajstić information content (AvgIpc) is 3.13. The van der Waals surface area contributed by atoms with Crippen molar-refractivity contribution in [2.75, 3.05) is 0 Å². The maximum atomic E-state index is 11.0. The maximum Gasteiger partial charge on any atom is 0.275 e. The Kier molecular flexibility index (Phi) is 5.81. The Balaban J connectivity index is 0.000000219. The number of rotatable bonds is 1. The number of benzene rings is 1. The lowest BCUT2D eigenvalue weighted by molar-refractivity contribution is 0.0957. The molecule has 0 aliphatic carbocycles. The average molecular weight is 320 g/mol. The van der Waals surface area contributed by atoms with Crippen molar-refractivity contribution >= 4 is 28.0 Å². The van der Waals surface area contributed by atoms with Crippen LogP contribution >= 0.6 is 11.3 Å². The largest absolute Gasteiger partial charge is 0.412 e. The van der Waals surface area contributed by atoms with Crippen molar-refractivity contribution in [2.24, 2.45) is 5.84 Å². The zero-order valence-corrected chi connectivity index (χ0v) is 12.0. The predicted molar refractivity (Wildman–Crippen MR) is 84.7 cm³/mol. The standard InChI is InChI=1S/C9H4O3.C5H6N2OS.H2O/c10-7-5-3-1-2-4-6(5)8(11)9(7)12;6-7-5(8)4-2-1-3-9-4;/h1-4H;1-3H,6H2,(H,7,8);1H2. The molecule has 0 saturated carbocycles. The Morgan fingerprint density at radius 1 is 0.909 bits per heavy atom. The van der Waals surface area contributed by atoms with Gasteiger partial charge in [0.05, 0.1) is 4.88 Å². The Labute approximate surface area is 127 Å². The van der Waals surface area contributed by atoms with Crippen molar-refractivity contribution in [1.82, 2.24) is 5.43 Å². The molecule has 0 fully saturated rings. The molecule has 0 atom stereocenters. The topological polar surface area (TPSA) is 138 Å². The molecule has 5 N–H and O–H groups in total. The molecule has 114 valence electrons. The molecule has 0 radical (unpaired) electrons. The Morgan fingerprint density at radius 3 is 1.86 bits per heavy atom. The molecule has 22 heavy (non-hydrogen) atoms. The molecule has 1 aromatic heterocycles. The fourth-order valence-electron chi connectivity index (χ4n) is 1.71. The van der Waals surface area contributed by atoms with Crippen LogP contribution in [0.4, 0.5) is 0 Å². The SMILES string of the molecule is NNC(=O)c1cccs1.O.O=c1c(=O)c2ccccc2c1=O. The normalized spacial score (nSPS) is 9.50. The summed E-state index contributed by atoms with van der Waals surface area (Å²) >= 11 is 1.36. The quantitative estimate of drug-likeness (QED) is 0.265. The van der Waals surface area contributed by atoms with Crippen molar-refractivity contribution in [3.8, 4) is 0 Å². The molecule has 0 spiro atoms. The van der Waals surface area contributed by atoms with Crippen LogP contribution in [-0.2, 0) is 0 Å². The summed E-state index contributed by atoms with van der Waals surface area (Å²) in [5.74, 6) is 4.64. The van der Waals surface area contributed by atoms with Crippen LogP contribution < -0.4 is 27.6 Å². The van der Waals surface area contributed by atoms with Crippen LogP contribution in [0.1, 0.15) is 9.67 Å². The van der Waals surface area contributed by atoms with Gasteiger partial charge in [0.2, 0.25) is 10.9 Å². The van der Waals surface area contributed by atoms with E-state index in [4.69, 9.17) is 5.84 Å². The molecule has 0 aliphatic heterocycles. The molecule has 0 aliphatic rings. The minimum Gasteiger partial charge on any atom is -0.412 e. The van der Waals surface area contributed by atoms with Gasteiger partial charge < -0.3 is 5.48 Å². The molecule has 1 amide bonds. The number of carbonyl (C=O) groups excluding carboxylic acids is 1. The van der Waals surface area contributed by atoms with Gasteiger partial charge in [0, 0.05) is 10.8 Å². The molecule has 0 unspecified atom stereocenters. The van der Waals surface area contributed by atoms with Gasteiger partial charge in [-0.3, -0.25) is 24.6 Å². The highest BCUT2D eigenvalue weighted by Gasteiger charge is 2.09. The van der Waals surface area contributed by atoms with Crippen LogP contribution in [0.15, 0.2) is 56.2 Å². The molecule has 1 heterocycles. The molecule has 0 saturated heterocycles. The van der Waals surface area contributed by atoms with Crippen LogP contribution in [-0.4, -0.2) is 11.4 Å². The van der Waals surface area contributed by atoms with E-state index < -0.39 is 16.3 Å². The smallest absolute Gasteiger partial charge is 0.275 e. The highest BCUT2D eigenvalue weighted by atomic mass is 32.1. The number of hydrazine groups is 1. The fraction of sp³-hybridized carbons (Fsp3) is 0. The first-order valence-corrected chi connectivity index (χ1v) is 6.71. The summed E-state index contributed by atoms with van der Waals surface area (Å²) in [5, 5.41) is 2.28. The van der Waals surface area contributed by atoms with E-state index in [0.717, 1.165) is 0 Å². The summed E-state index contributed by atoms with van der Waals surface area (Å²) < 4.78 is 0. The zero-order valence-electron chi connectivity index (χ0n) is 11.2. The summed E-state index contributed by atoms with van der Waals surface area (Å²) in [6.07, 6.45) is 0. The minimum atomic E-state index is -0.920. The highest BCUT2D eigenvalue weighted by Crippen LogP contribution is 2.06. The summed E-state index contributed by atoms with van der Waals surface area (Å²) in [6, 6.07) is 9.74. The van der Waals surface area contributed by atoms with Gasteiger partial charge in [0.25, 0.3) is 11.3 Å². The molecule has 7 nitrogen and oxygen atoms in total. The number of nitrogens with one attached hydrogen (secondary N) is 1. The van der Waals surface area contributed by atoms with Gasteiger partial charge in [-0.15, -0.1) is 11.3 Å². The number of hydrogen-bond donors (Lipinski definition) is 2. The van der Waals surface area contributed by atoms with Crippen molar-refractivity contribution < 1.29 is 10.3 Å². The van der Waals surface area contributed by atoms with Gasteiger partial charge in [0.1, 0.15) is 0 Å². The third kappa shape index (κ3) is 3.31. The molecule has 0 bridgehead atoms. The Hall–Kier alpha value is -2.68. The molecule has 8 heteroatoms. The monoisotopic (exact) mass is 320 g/mol. The Morgan fingerprint density at radius 2 is 1.45 bits per heavy atom. The summed E-state index contributed by atoms with van der Waals surface area (Å²) in [7, 11) is 0. The van der Waals surface area contributed by atoms with Crippen LogP contribution in [0.2, 0.25) is 0 Å². The third-order valence-corrected chi connectivity index (χ3v) is 3.57. The lowest BCUT2D eigenvalue weighted by atomic mass is 10.2. The van der Waals surface area contributed by atoms with Gasteiger partial charge in [-0.1, -0.05) is 30.3 Å². The van der Waals surface area contributed by atoms with E-state index in [-0.39, 0.29) is 22.2 Å². The molecule has 3 rings (SSSR count). The van der Waals surface area contributed by atoms with Crippen LogP contribution in [0.3, 0.4) is 0 Å². The first-order chi connectivity index (χ1) is 10.1. The second-order valence-electron chi connectivity index (χ2n) is 3.98. The molecule has 3 aromatic rings. The van der Waals surface area contributed by atoms with Crippen LogP contribution in [0.25, 0.3) is 10.8 Å². The van der Waals surface area contributed by atoms with Crippen molar-refractivity contribution in [3.63, 3.8) is 0 Å². The van der Waals surface area contributed by atoms with E-state index in [1.807, 2.05) is 10.8 Å². The summed E-state index contributed by atoms with van der Waals surface area (Å²) in [5.41, 5.74) is -0.251. The highest BCUT2D eigenvalue weighted by molar-refractivity contribution is 7.12. The number of fused-ring (bicyclic) bond motifs is 1. The number of carbonyl (C=O) groups is 1. The summed E-state index contributed by atoms with van der Waals surface area (Å²) in [6.45, 7) is 0. The van der Waals surface area contributed by atoms with Crippen LogP contribution in [0, 0.1) is 0 Å². The lowest BCUT2D eigenvalue weighted by Crippen LogP contribution is -2.29. The number of nitrogen functional groups attached to an aromatic ring is 1. The van der Waals surface area contributed by atoms with Gasteiger partial charge in [-0.05, 0) is 11.4 Å². The third-order valence-electron chi connectivity index (χ3n) is 2.70. The van der Waals surface area contributed by atoms with E-state index in [1.165, 1.54) is 23.5 Å². The number of amides is 1. The minimum absolute atomic E-state index is 0. The molecular weight excluding hydrogens is 308 g/mol. The van der Waals surface area contributed by atoms with E-state index in [0.29, 0.717) is 4.88 Å². The second kappa shape index (κ2) is 7.36. The van der Waals surface area contributed by atoms with E-state index in [9.17, 15) is 19.2 Å². The first-order valence-electron chi connectivity index (χ1n) is 5.83. The first kappa shape index (κ1) is 17.4. The van der Waals surface area contributed by atoms with Crippen molar-refractivity contribution in [1.29, 1.82) is 0 Å². The predicted octanol–water partition coefficient (Wildman–Crippen LogP) is -0.677. The Bertz CT molecular complexity index is 861. The van der Waals surface area contributed by atoms with Gasteiger partial charge in [-0.25, -0.2) is 5.84 Å². The van der Waals surface area contributed by atoms with E-state index >= 15 is 0 Å². The molecular formula is C14H12N2O5S. The second-order valence-corrected chi connectivity index (χ2v) is 4.93. The summed E-state index contributed by atoms with van der Waals surface area (Å²) in [4.78, 5) is 44.2. The van der Waals surface area contributed by atoms with E-state index in [1.54, 1.807) is 24.3 Å². The fourth-order valence-corrected chi connectivity index (χ4v) is 2.33. The van der Waals surface area contributed by atoms with Gasteiger partial charge >= 0.3 is 0 Å². The van der Waals surface area contributed by atoms with E-state index in [2.05, 4.69) is 0 Å². The van der Waals surface area contributed by atoms with Crippen LogP contribution in [0.5, 0.6) is 0 Å². The zero-order chi connectivity index (χ0) is 15.4.